The second-order valence-corrected chi connectivity index (χ2v) is 6.16. The van der Waals surface area contributed by atoms with E-state index in [9.17, 15) is 0 Å². The third kappa shape index (κ3) is 3.51. The molecule has 0 amide bonds. The van der Waals surface area contributed by atoms with Crippen LogP contribution in [-0.2, 0) is 0 Å². The third-order valence-corrected chi connectivity index (χ3v) is 4.51. The minimum Gasteiger partial charge on any atom is -0.437 e. The molecule has 0 radical (unpaired) electrons. The molecule has 6 heteroatoms. The summed E-state index contributed by atoms with van der Waals surface area (Å²) in [6, 6.07) is 13.6. The Labute approximate surface area is 152 Å². The van der Waals surface area contributed by atoms with Gasteiger partial charge in [0.25, 0.3) is 0 Å². The quantitative estimate of drug-likeness (QED) is 0.722. The van der Waals surface area contributed by atoms with Gasteiger partial charge in [-0.2, -0.15) is 4.98 Å². The Balaban J connectivity index is 1.94. The lowest BCUT2D eigenvalue weighted by Gasteiger charge is -2.20. The van der Waals surface area contributed by atoms with E-state index in [1.807, 2.05) is 68.3 Å². The highest BCUT2D eigenvalue weighted by atomic mass is 35.5. The number of rotatable bonds is 4. The van der Waals surface area contributed by atoms with Crippen LogP contribution in [0, 0.1) is 13.8 Å². The molecule has 1 aromatic heterocycles. The monoisotopic (exact) mass is 354 g/mol. The van der Waals surface area contributed by atoms with Gasteiger partial charge in [0.1, 0.15) is 17.8 Å². The highest BCUT2D eigenvalue weighted by Gasteiger charge is 2.15. The van der Waals surface area contributed by atoms with Crippen LogP contribution in [0.25, 0.3) is 0 Å². The Morgan fingerprint density at radius 3 is 2.32 bits per heavy atom. The Bertz CT molecular complexity index is 876. The highest BCUT2D eigenvalue weighted by Crippen LogP contribution is 2.35. The Kier molecular flexibility index (Phi) is 4.76. The summed E-state index contributed by atoms with van der Waals surface area (Å²) >= 11 is 6.21. The fraction of sp³-hybridized carbons (Fsp3) is 0.158. The highest BCUT2D eigenvalue weighted by molar-refractivity contribution is 6.32. The molecule has 5 nitrogen and oxygen atoms in total. The standard InChI is InChI=1S/C19H19ClN4O/c1-12-9-15(10-13(2)16(12)20)25-19-17(21)18(22-11-23-19)24(3)14-7-5-4-6-8-14/h4-11H,21H2,1-3H3. The molecular formula is C19H19ClN4O. The summed E-state index contributed by atoms with van der Waals surface area (Å²) in [6.45, 7) is 3.86. The number of nitrogen functional groups attached to an aromatic ring is 1. The summed E-state index contributed by atoms with van der Waals surface area (Å²) in [6.07, 6.45) is 1.44. The molecule has 0 spiro atoms. The predicted molar refractivity (Wildman–Crippen MR) is 102 cm³/mol. The predicted octanol–water partition coefficient (Wildman–Crippen LogP) is 4.89. The van der Waals surface area contributed by atoms with Crippen LogP contribution < -0.4 is 15.4 Å². The lowest BCUT2D eigenvalue weighted by atomic mass is 10.1. The average Bonchev–Trinajstić information content (AvgIpc) is 2.61. The van der Waals surface area contributed by atoms with Crippen LogP contribution in [0.4, 0.5) is 17.2 Å². The summed E-state index contributed by atoms with van der Waals surface area (Å²) in [5, 5.41) is 0.729. The molecule has 0 aliphatic heterocycles. The number of aryl methyl sites for hydroxylation is 2. The Morgan fingerprint density at radius 2 is 1.68 bits per heavy atom. The number of halogens is 1. The molecule has 0 fully saturated rings. The third-order valence-electron chi connectivity index (χ3n) is 3.91. The minimum absolute atomic E-state index is 0.314. The van der Waals surface area contributed by atoms with Crippen molar-refractivity contribution in [3.8, 4) is 11.6 Å². The molecule has 1 heterocycles. The molecule has 25 heavy (non-hydrogen) atoms. The molecule has 0 aliphatic carbocycles. The molecule has 0 unspecified atom stereocenters. The molecule has 3 rings (SSSR count). The van der Waals surface area contributed by atoms with E-state index in [1.54, 1.807) is 0 Å². The van der Waals surface area contributed by atoms with Gasteiger partial charge in [-0.15, -0.1) is 0 Å². The van der Waals surface area contributed by atoms with E-state index in [0.717, 1.165) is 21.8 Å². The normalized spacial score (nSPS) is 10.6. The maximum absolute atomic E-state index is 6.26. The van der Waals surface area contributed by atoms with E-state index in [2.05, 4.69) is 9.97 Å². The van der Waals surface area contributed by atoms with Gasteiger partial charge in [-0.1, -0.05) is 29.8 Å². The van der Waals surface area contributed by atoms with Crippen molar-refractivity contribution in [3.63, 3.8) is 0 Å². The number of nitrogens with zero attached hydrogens (tertiary/aromatic N) is 3. The first-order chi connectivity index (χ1) is 12.0. The lowest BCUT2D eigenvalue weighted by Crippen LogP contribution is -2.14. The number of ether oxygens (including phenoxy) is 1. The van der Waals surface area contributed by atoms with Gasteiger partial charge < -0.3 is 15.4 Å². The number of benzene rings is 2. The summed E-state index contributed by atoms with van der Waals surface area (Å²) in [5.74, 6) is 1.53. The van der Waals surface area contributed by atoms with Crippen LogP contribution in [0.5, 0.6) is 11.6 Å². The number of aromatic nitrogens is 2. The van der Waals surface area contributed by atoms with Crippen molar-refractivity contribution in [1.82, 2.24) is 9.97 Å². The molecule has 2 N–H and O–H groups in total. The van der Waals surface area contributed by atoms with Gasteiger partial charge in [-0.05, 0) is 49.2 Å². The van der Waals surface area contributed by atoms with Crippen LogP contribution in [0.3, 0.4) is 0 Å². The summed E-state index contributed by atoms with van der Waals surface area (Å²) in [5.41, 5.74) is 9.47. The summed E-state index contributed by atoms with van der Waals surface area (Å²) < 4.78 is 5.89. The number of nitrogens with two attached hydrogens (primary N) is 1. The van der Waals surface area contributed by atoms with Crippen molar-refractivity contribution in [3.05, 3.63) is 64.9 Å². The largest absolute Gasteiger partial charge is 0.437 e. The zero-order chi connectivity index (χ0) is 18.0. The first-order valence-electron chi connectivity index (χ1n) is 7.81. The van der Waals surface area contributed by atoms with Crippen molar-refractivity contribution in [2.24, 2.45) is 0 Å². The van der Waals surface area contributed by atoms with Crippen molar-refractivity contribution in [1.29, 1.82) is 0 Å². The molecule has 0 saturated heterocycles. The van der Waals surface area contributed by atoms with Crippen LogP contribution in [-0.4, -0.2) is 17.0 Å². The lowest BCUT2D eigenvalue weighted by molar-refractivity contribution is 0.463. The fourth-order valence-electron chi connectivity index (χ4n) is 2.57. The second-order valence-electron chi connectivity index (χ2n) is 5.78. The minimum atomic E-state index is 0.314. The molecular weight excluding hydrogens is 336 g/mol. The van der Waals surface area contributed by atoms with Crippen LogP contribution in [0.15, 0.2) is 48.8 Å². The number of hydrogen-bond donors (Lipinski definition) is 1. The SMILES string of the molecule is Cc1cc(Oc2ncnc(N(C)c3ccccc3)c2N)cc(C)c1Cl. The van der Waals surface area contributed by atoms with Gasteiger partial charge in [-0.25, -0.2) is 4.98 Å². The summed E-state index contributed by atoms with van der Waals surface area (Å²) in [7, 11) is 1.90. The van der Waals surface area contributed by atoms with E-state index in [4.69, 9.17) is 22.1 Å². The zero-order valence-corrected chi connectivity index (χ0v) is 15.1. The maximum atomic E-state index is 6.26. The first kappa shape index (κ1) is 17.0. The fourth-order valence-corrected chi connectivity index (χ4v) is 2.68. The molecule has 0 saturated carbocycles. The maximum Gasteiger partial charge on any atom is 0.248 e. The van der Waals surface area contributed by atoms with Crippen molar-refractivity contribution >= 4 is 28.8 Å². The van der Waals surface area contributed by atoms with E-state index >= 15 is 0 Å². The van der Waals surface area contributed by atoms with Gasteiger partial charge >= 0.3 is 0 Å². The molecule has 2 aromatic carbocycles. The van der Waals surface area contributed by atoms with E-state index in [1.165, 1.54) is 6.33 Å². The van der Waals surface area contributed by atoms with Gasteiger partial charge in [0.2, 0.25) is 5.88 Å². The zero-order valence-electron chi connectivity index (χ0n) is 14.3. The first-order valence-corrected chi connectivity index (χ1v) is 8.19. The van der Waals surface area contributed by atoms with Crippen molar-refractivity contribution in [2.75, 3.05) is 17.7 Å². The molecule has 3 aromatic rings. The second kappa shape index (κ2) is 6.99. The smallest absolute Gasteiger partial charge is 0.248 e. The van der Waals surface area contributed by atoms with E-state index in [0.29, 0.717) is 23.1 Å². The van der Waals surface area contributed by atoms with Crippen LogP contribution in [0.1, 0.15) is 11.1 Å². The van der Waals surface area contributed by atoms with Gasteiger partial charge in [0, 0.05) is 17.8 Å². The van der Waals surface area contributed by atoms with Gasteiger partial charge in [0.05, 0.1) is 0 Å². The Hall–Kier alpha value is -2.79. The number of para-hydroxylation sites is 1. The van der Waals surface area contributed by atoms with E-state index < -0.39 is 0 Å². The molecule has 0 atom stereocenters. The van der Waals surface area contributed by atoms with Gasteiger partial charge in [0.15, 0.2) is 5.82 Å². The van der Waals surface area contributed by atoms with Crippen molar-refractivity contribution in [2.45, 2.75) is 13.8 Å². The van der Waals surface area contributed by atoms with Crippen LogP contribution >= 0.6 is 11.6 Å². The molecule has 0 aliphatic rings. The van der Waals surface area contributed by atoms with E-state index in [-0.39, 0.29) is 0 Å². The van der Waals surface area contributed by atoms with Gasteiger partial charge in [-0.3, -0.25) is 0 Å². The summed E-state index contributed by atoms with van der Waals surface area (Å²) in [4.78, 5) is 10.4. The molecule has 128 valence electrons. The molecule has 0 bridgehead atoms. The topological polar surface area (TPSA) is 64.3 Å². The Morgan fingerprint density at radius 1 is 1.04 bits per heavy atom. The van der Waals surface area contributed by atoms with Crippen molar-refractivity contribution < 1.29 is 4.74 Å². The average molecular weight is 355 g/mol. The number of anilines is 3. The van der Waals surface area contributed by atoms with Crippen LogP contribution in [0.2, 0.25) is 5.02 Å². The number of hydrogen-bond acceptors (Lipinski definition) is 5.